The van der Waals surface area contributed by atoms with Crippen molar-refractivity contribution in [3.63, 3.8) is 0 Å². The van der Waals surface area contributed by atoms with Gasteiger partial charge in [0, 0.05) is 39.3 Å². The van der Waals surface area contributed by atoms with Crippen molar-refractivity contribution in [3.8, 4) is 5.69 Å². The highest BCUT2D eigenvalue weighted by molar-refractivity contribution is 5.89. The molecule has 0 bridgehead atoms. The summed E-state index contributed by atoms with van der Waals surface area (Å²) < 4.78 is 1.91. The number of hydrogen-bond donors (Lipinski definition) is 1. The Morgan fingerprint density at radius 3 is 1.98 bits per heavy atom. The zero-order chi connectivity index (χ0) is 27.3. The first-order chi connectivity index (χ1) is 19.7. The van der Waals surface area contributed by atoms with Gasteiger partial charge in [0.2, 0.25) is 5.95 Å². The van der Waals surface area contributed by atoms with Crippen LogP contribution in [0.5, 0.6) is 0 Å². The van der Waals surface area contributed by atoms with Gasteiger partial charge < -0.3 is 15.1 Å². The second-order valence-corrected chi connectivity index (χ2v) is 10.5. The SMILES string of the molecule is CN(C)CCNc1nc(N2CCN(C(c3ccccc3)c3ccccc3)CC2)c2cnn(-c3ccccc3)c2n1. The molecule has 0 atom stereocenters. The maximum absolute atomic E-state index is 5.03. The average molecular weight is 533 g/mol. The Kier molecular flexibility index (Phi) is 7.70. The smallest absolute Gasteiger partial charge is 0.226 e. The fraction of sp³-hybridized carbons (Fsp3) is 0.281. The average Bonchev–Trinajstić information content (AvgIpc) is 3.43. The van der Waals surface area contributed by atoms with Crippen LogP contribution < -0.4 is 10.2 Å². The molecule has 0 aliphatic carbocycles. The normalized spacial score (nSPS) is 14.3. The van der Waals surface area contributed by atoms with E-state index in [1.54, 1.807) is 0 Å². The lowest BCUT2D eigenvalue weighted by molar-refractivity contribution is 0.212. The third-order valence-corrected chi connectivity index (χ3v) is 7.46. The number of nitrogens with zero attached hydrogens (tertiary/aromatic N) is 7. The molecule has 0 radical (unpaired) electrons. The van der Waals surface area contributed by atoms with Crippen molar-refractivity contribution < 1.29 is 0 Å². The van der Waals surface area contributed by atoms with Crippen LogP contribution in [-0.4, -0.2) is 82.9 Å². The van der Waals surface area contributed by atoms with E-state index in [0.29, 0.717) is 5.95 Å². The van der Waals surface area contributed by atoms with E-state index in [1.165, 1.54) is 11.1 Å². The predicted molar refractivity (Wildman–Crippen MR) is 162 cm³/mol. The fourth-order valence-electron chi connectivity index (χ4n) is 5.44. The summed E-state index contributed by atoms with van der Waals surface area (Å²) in [5, 5.41) is 9.15. The number of hydrogen-bond acceptors (Lipinski definition) is 7. The molecule has 8 heteroatoms. The summed E-state index contributed by atoms with van der Waals surface area (Å²) in [5.74, 6) is 1.58. The number of anilines is 2. The van der Waals surface area contributed by atoms with E-state index >= 15 is 0 Å². The van der Waals surface area contributed by atoms with Crippen molar-refractivity contribution >= 4 is 22.8 Å². The van der Waals surface area contributed by atoms with Crippen LogP contribution in [0, 0.1) is 0 Å². The van der Waals surface area contributed by atoms with Gasteiger partial charge in [-0.3, -0.25) is 4.90 Å². The number of fused-ring (bicyclic) bond motifs is 1. The molecule has 1 aliphatic heterocycles. The molecule has 204 valence electrons. The highest BCUT2D eigenvalue weighted by Crippen LogP contribution is 2.32. The highest BCUT2D eigenvalue weighted by Gasteiger charge is 2.28. The van der Waals surface area contributed by atoms with E-state index in [4.69, 9.17) is 15.1 Å². The van der Waals surface area contributed by atoms with Crippen LogP contribution in [0.3, 0.4) is 0 Å². The van der Waals surface area contributed by atoms with Crippen LogP contribution in [0.1, 0.15) is 17.2 Å². The monoisotopic (exact) mass is 532 g/mol. The molecule has 2 aromatic heterocycles. The summed E-state index contributed by atoms with van der Waals surface area (Å²) in [6.45, 7) is 5.26. The van der Waals surface area contributed by atoms with Crippen LogP contribution >= 0.6 is 0 Å². The number of rotatable bonds is 9. The second-order valence-electron chi connectivity index (χ2n) is 10.5. The van der Waals surface area contributed by atoms with Crippen LogP contribution in [0.4, 0.5) is 11.8 Å². The molecule has 0 spiro atoms. The van der Waals surface area contributed by atoms with E-state index in [1.807, 2.05) is 29.1 Å². The molecule has 40 heavy (non-hydrogen) atoms. The van der Waals surface area contributed by atoms with E-state index in [0.717, 1.165) is 61.8 Å². The molecular weight excluding hydrogens is 496 g/mol. The number of nitrogens with one attached hydrogen (secondary N) is 1. The molecule has 8 nitrogen and oxygen atoms in total. The topological polar surface area (TPSA) is 65.3 Å². The van der Waals surface area contributed by atoms with Crippen molar-refractivity contribution in [3.05, 3.63) is 108 Å². The molecule has 1 saturated heterocycles. The quantitative estimate of drug-likeness (QED) is 0.295. The maximum atomic E-state index is 5.03. The van der Waals surface area contributed by atoms with E-state index in [9.17, 15) is 0 Å². The molecule has 3 aromatic carbocycles. The molecule has 6 rings (SSSR count). The zero-order valence-electron chi connectivity index (χ0n) is 23.2. The van der Waals surface area contributed by atoms with Gasteiger partial charge in [-0.25, -0.2) is 4.68 Å². The predicted octanol–water partition coefficient (Wildman–Crippen LogP) is 4.70. The molecule has 3 heterocycles. The molecule has 5 aromatic rings. The van der Waals surface area contributed by atoms with Gasteiger partial charge in [-0.05, 0) is 37.4 Å². The first kappa shape index (κ1) is 26.0. The fourth-order valence-corrected chi connectivity index (χ4v) is 5.44. The lowest BCUT2D eigenvalue weighted by atomic mass is 9.96. The van der Waals surface area contributed by atoms with E-state index < -0.39 is 0 Å². The van der Waals surface area contributed by atoms with Gasteiger partial charge in [-0.2, -0.15) is 15.1 Å². The van der Waals surface area contributed by atoms with Crippen LogP contribution in [0.15, 0.2) is 97.2 Å². The first-order valence-electron chi connectivity index (χ1n) is 14.0. The minimum Gasteiger partial charge on any atom is -0.353 e. The van der Waals surface area contributed by atoms with Crippen molar-refractivity contribution in [2.45, 2.75) is 6.04 Å². The van der Waals surface area contributed by atoms with Crippen LogP contribution in [0.2, 0.25) is 0 Å². The van der Waals surface area contributed by atoms with Gasteiger partial charge in [0.1, 0.15) is 5.82 Å². The summed E-state index contributed by atoms with van der Waals surface area (Å²) in [6.07, 6.45) is 1.91. The standard InChI is InChI=1S/C32H36N8/c1-37(2)19-18-33-32-35-30(28-24-34-40(31(28)36-32)27-16-10-5-11-17-27)39-22-20-38(21-23-39)29(25-12-6-3-7-13-25)26-14-8-4-9-15-26/h3-17,24,29H,18-23H2,1-2H3,(H,33,35,36). The minimum atomic E-state index is 0.221. The highest BCUT2D eigenvalue weighted by atomic mass is 15.3. The molecular formula is C32H36N8. The summed E-state index contributed by atoms with van der Waals surface area (Å²) in [4.78, 5) is 17.1. The van der Waals surface area contributed by atoms with Gasteiger partial charge >= 0.3 is 0 Å². The summed E-state index contributed by atoms with van der Waals surface area (Å²) in [5.41, 5.74) is 4.45. The Labute approximate surface area is 235 Å². The Morgan fingerprint density at radius 2 is 1.38 bits per heavy atom. The van der Waals surface area contributed by atoms with Crippen LogP contribution in [0.25, 0.3) is 16.7 Å². The summed E-state index contributed by atoms with van der Waals surface area (Å²) in [6, 6.07) is 32.1. The van der Waals surface area contributed by atoms with Crippen molar-refractivity contribution in [1.82, 2.24) is 29.5 Å². The molecule has 1 aliphatic rings. The van der Waals surface area contributed by atoms with Gasteiger partial charge in [-0.1, -0.05) is 78.9 Å². The van der Waals surface area contributed by atoms with Crippen molar-refractivity contribution in [2.24, 2.45) is 0 Å². The lowest BCUT2D eigenvalue weighted by Crippen LogP contribution is -2.48. The first-order valence-corrected chi connectivity index (χ1v) is 14.0. The maximum Gasteiger partial charge on any atom is 0.226 e. The van der Waals surface area contributed by atoms with Crippen molar-refractivity contribution in [1.29, 1.82) is 0 Å². The zero-order valence-corrected chi connectivity index (χ0v) is 23.2. The third-order valence-electron chi connectivity index (χ3n) is 7.46. The third kappa shape index (κ3) is 5.54. The molecule has 0 unspecified atom stereocenters. The Hall–Kier alpha value is -4.27. The van der Waals surface area contributed by atoms with Crippen molar-refractivity contribution in [2.75, 3.05) is 63.6 Å². The summed E-state index contributed by atoms with van der Waals surface area (Å²) >= 11 is 0. The second kappa shape index (κ2) is 11.9. The Balaban J connectivity index is 1.30. The number of aromatic nitrogens is 4. The van der Waals surface area contributed by atoms with E-state index in [-0.39, 0.29) is 6.04 Å². The van der Waals surface area contributed by atoms with Gasteiger partial charge in [0.05, 0.1) is 23.3 Å². The Bertz CT molecular complexity index is 1470. The lowest BCUT2D eigenvalue weighted by Gasteiger charge is -2.40. The van der Waals surface area contributed by atoms with Gasteiger partial charge in [0.25, 0.3) is 0 Å². The van der Waals surface area contributed by atoms with E-state index in [2.05, 4.69) is 107 Å². The minimum absolute atomic E-state index is 0.221. The molecule has 0 amide bonds. The number of benzene rings is 3. The van der Waals surface area contributed by atoms with Gasteiger partial charge in [0.15, 0.2) is 5.65 Å². The molecule has 0 saturated carbocycles. The van der Waals surface area contributed by atoms with Crippen LogP contribution in [-0.2, 0) is 0 Å². The Morgan fingerprint density at radius 1 is 0.775 bits per heavy atom. The number of para-hydroxylation sites is 1. The number of piperazine rings is 1. The number of likely N-dealkylation sites (N-methyl/N-ethyl adjacent to an activating group) is 1. The largest absolute Gasteiger partial charge is 0.353 e. The van der Waals surface area contributed by atoms with Gasteiger partial charge in [-0.15, -0.1) is 0 Å². The molecule has 1 fully saturated rings. The molecule has 1 N–H and O–H groups in total. The summed E-state index contributed by atoms with van der Waals surface area (Å²) in [7, 11) is 4.14.